The largest absolute Gasteiger partial charge is 0.314 e. The second-order valence-corrected chi connectivity index (χ2v) is 18.8. The fraction of sp³-hybridized carbons (Fsp3) is 0.163. The topological polar surface area (TPSA) is 40.6 Å². The summed E-state index contributed by atoms with van der Waals surface area (Å²) >= 11 is 0. The Morgan fingerprint density at radius 2 is 0.959 bits per heavy atom. The summed E-state index contributed by atoms with van der Waals surface area (Å²) in [4.78, 5) is 2.24. The van der Waals surface area contributed by atoms with Gasteiger partial charge in [-0.15, -0.1) is 0 Å². The van der Waals surface area contributed by atoms with Gasteiger partial charge in [0, 0.05) is 23.7 Å². The van der Waals surface area contributed by atoms with E-state index in [-0.39, 0.29) is 0 Å². The number of rotatable bonds is 6. The van der Waals surface area contributed by atoms with E-state index < -0.39 is 14.4 Å². The smallest absolute Gasteiger partial charge is 0.211 e. The average molecular weight is 679 g/mol. The Labute approximate surface area is 289 Å². The Bertz CT molecular complexity index is 2310. The molecular formula is C43H40N2O2P2. The van der Waals surface area contributed by atoms with Gasteiger partial charge in [0.05, 0.1) is 27.7 Å². The molecule has 0 saturated heterocycles. The van der Waals surface area contributed by atoms with Crippen LogP contribution in [0.1, 0.15) is 25.0 Å². The highest BCUT2D eigenvalue weighted by Gasteiger charge is 2.49. The number of nitrogens with zero attached hydrogens (tertiary/aromatic N) is 2. The summed E-state index contributed by atoms with van der Waals surface area (Å²) in [7, 11) is -6.50. The standard InChI is InChI=1S/C43H40N2O2P2/c1-6-44(7-2)49(47)40-23-30(4)19-21-38(40)45-37-20-18-29(3)22-39(37)48(5,46)41-27-36(28-42(49)43(41)45)35-25-33(31-14-10-8-11-15-31)24-34(26-35)32-16-12-9-13-17-32/h8-28H,6-7H2,1-5H3. The first-order valence-corrected chi connectivity index (χ1v) is 20.9. The van der Waals surface area contributed by atoms with Gasteiger partial charge in [-0.3, -0.25) is 4.57 Å². The number of hydrogen-bond acceptors (Lipinski definition) is 3. The maximum atomic E-state index is 16.2. The molecule has 2 unspecified atom stereocenters. The maximum Gasteiger partial charge on any atom is 0.211 e. The van der Waals surface area contributed by atoms with E-state index in [4.69, 9.17) is 0 Å². The molecule has 0 spiro atoms. The third-order valence-electron chi connectivity index (χ3n) is 10.2. The lowest BCUT2D eigenvalue weighted by molar-refractivity contribution is 0.458. The predicted molar refractivity (Wildman–Crippen MR) is 210 cm³/mol. The van der Waals surface area contributed by atoms with E-state index in [1.807, 2.05) is 18.8 Å². The second-order valence-electron chi connectivity index (χ2n) is 13.4. The molecule has 6 aromatic rings. The molecular weight excluding hydrogens is 638 g/mol. The average Bonchev–Trinajstić information content (AvgIpc) is 3.12. The summed E-state index contributed by atoms with van der Waals surface area (Å²) in [5.74, 6) is 0. The molecule has 0 radical (unpaired) electrons. The van der Waals surface area contributed by atoms with Gasteiger partial charge < -0.3 is 9.46 Å². The molecule has 0 amide bonds. The van der Waals surface area contributed by atoms with Crippen LogP contribution in [0.5, 0.6) is 0 Å². The van der Waals surface area contributed by atoms with Gasteiger partial charge in [0.25, 0.3) is 0 Å². The summed E-state index contributed by atoms with van der Waals surface area (Å²) in [6.45, 7) is 11.4. The van der Waals surface area contributed by atoms with Crippen molar-refractivity contribution in [3.8, 4) is 33.4 Å². The van der Waals surface area contributed by atoms with Crippen LogP contribution in [-0.4, -0.2) is 24.4 Å². The molecule has 49 heavy (non-hydrogen) atoms. The van der Waals surface area contributed by atoms with Gasteiger partial charge in [-0.2, -0.15) is 0 Å². The Kier molecular flexibility index (Phi) is 7.69. The highest BCUT2D eigenvalue weighted by molar-refractivity contribution is 7.80. The molecule has 0 aliphatic carbocycles. The fourth-order valence-electron chi connectivity index (χ4n) is 7.73. The fourth-order valence-corrected chi connectivity index (χ4v) is 13.5. The molecule has 2 atom stereocenters. The third kappa shape index (κ3) is 4.92. The van der Waals surface area contributed by atoms with Gasteiger partial charge in [-0.1, -0.05) is 97.8 Å². The molecule has 0 bridgehead atoms. The minimum Gasteiger partial charge on any atom is -0.314 e. The molecule has 0 fully saturated rings. The molecule has 0 aromatic heterocycles. The van der Waals surface area contributed by atoms with E-state index in [1.165, 1.54) is 0 Å². The summed E-state index contributed by atoms with van der Waals surface area (Å²) in [6.07, 6.45) is 0. The van der Waals surface area contributed by atoms with E-state index in [0.29, 0.717) is 13.1 Å². The summed E-state index contributed by atoms with van der Waals surface area (Å²) in [5.41, 5.74) is 11.1. The first kappa shape index (κ1) is 31.8. The number of aryl methyl sites for hydroxylation is 2. The first-order valence-electron chi connectivity index (χ1n) is 17.1. The van der Waals surface area contributed by atoms with Crippen LogP contribution in [0.15, 0.2) is 127 Å². The van der Waals surface area contributed by atoms with Crippen LogP contribution >= 0.6 is 14.4 Å². The molecule has 2 aliphatic heterocycles. The monoisotopic (exact) mass is 678 g/mol. The van der Waals surface area contributed by atoms with Crippen molar-refractivity contribution >= 4 is 52.7 Å². The Morgan fingerprint density at radius 3 is 1.49 bits per heavy atom. The van der Waals surface area contributed by atoms with Crippen molar-refractivity contribution in [2.75, 3.05) is 24.7 Å². The SMILES string of the molecule is CCN(CC)P1(=O)c2cc(C)ccc2N2c3ccc(C)cc3P(C)(=O)c3cc(-c4cc(-c5ccccc5)cc(-c5ccccc5)c4)cc1c32. The van der Waals surface area contributed by atoms with E-state index in [1.54, 1.807) is 0 Å². The first-order chi connectivity index (χ1) is 23.6. The molecule has 244 valence electrons. The zero-order chi connectivity index (χ0) is 34.1. The van der Waals surface area contributed by atoms with Crippen LogP contribution in [-0.2, 0) is 9.13 Å². The van der Waals surface area contributed by atoms with Crippen molar-refractivity contribution < 1.29 is 9.13 Å². The number of benzene rings is 6. The van der Waals surface area contributed by atoms with E-state index in [9.17, 15) is 0 Å². The molecule has 6 heteroatoms. The van der Waals surface area contributed by atoms with Crippen LogP contribution in [0.2, 0.25) is 0 Å². The van der Waals surface area contributed by atoms with Crippen LogP contribution in [0.25, 0.3) is 33.4 Å². The highest BCUT2D eigenvalue weighted by atomic mass is 31.2. The van der Waals surface area contributed by atoms with Crippen LogP contribution in [0.4, 0.5) is 17.1 Å². The lowest BCUT2D eigenvalue weighted by atomic mass is 9.93. The molecule has 4 nitrogen and oxygen atoms in total. The van der Waals surface area contributed by atoms with Gasteiger partial charge in [0.2, 0.25) is 7.29 Å². The van der Waals surface area contributed by atoms with Gasteiger partial charge in [-0.25, -0.2) is 4.67 Å². The molecule has 0 saturated carbocycles. The summed E-state index contributed by atoms with van der Waals surface area (Å²) in [6, 6.07) is 44.4. The zero-order valence-corrected chi connectivity index (χ0v) is 30.4. The normalized spacial score (nSPS) is 18.9. The number of fused-ring (bicyclic) bond motifs is 4. The predicted octanol–water partition coefficient (Wildman–Crippen LogP) is 9.92. The second kappa shape index (κ2) is 11.9. The van der Waals surface area contributed by atoms with Gasteiger partial charge >= 0.3 is 0 Å². The summed E-state index contributed by atoms with van der Waals surface area (Å²) in [5, 5.41) is 3.22. The van der Waals surface area contributed by atoms with Crippen LogP contribution in [0, 0.1) is 13.8 Å². The van der Waals surface area contributed by atoms with Crippen molar-refractivity contribution in [2.24, 2.45) is 0 Å². The van der Waals surface area contributed by atoms with Crippen LogP contribution in [0.3, 0.4) is 0 Å². The van der Waals surface area contributed by atoms with Crippen LogP contribution < -0.4 is 26.1 Å². The Morgan fingerprint density at radius 1 is 0.510 bits per heavy atom. The van der Waals surface area contributed by atoms with E-state index >= 15 is 9.13 Å². The lowest BCUT2D eigenvalue weighted by Gasteiger charge is -2.46. The minimum absolute atomic E-state index is 0.626. The van der Waals surface area contributed by atoms with Crippen molar-refractivity contribution in [2.45, 2.75) is 27.7 Å². The Hall–Kier alpha value is -4.46. The van der Waals surface area contributed by atoms with Gasteiger partial charge in [0.15, 0.2) is 0 Å². The molecule has 8 rings (SSSR count). The Balaban J connectivity index is 1.49. The molecule has 0 N–H and O–H groups in total. The van der Waals surface area contributed by atoms with Crippen molar-refractivity contribution in [1.29, 1.82) is 0 Å². The van der Waals surface area contributed by atoms with Crippen molar-refractivity contribution in [1.82, 2.24) is 4.67 Å². The van der Waals surface area contributed by atoms with E-state index in [2.05, 4.69) is 153 Å². The molecule has 6 aromatic carbocycles. The number of anilines is 3. The van der Waals surface area contributed by atoms with Crippen molar-refractivity contribution in [3.05, 3.63) is 139 Å². The van der Waals surface area contributed by atoms with E-state index in [0.717, 1.165) is 82.8 Å². The molecule has 2 aliphatic rings. The lowest BCUT2D eigenvalue weighted by Crippen LogP contribution is -2.46. The third-order valence-corrected chi connectivity index (χ3v) is 16.1. The number of hydrogen-bond donors (Lipinski definition) is 0. The quantitative estimate of drug-likeness (QED) is 0.165. The summed E-state index contributed by atoms with van der Waals surface area (Å²) < 4.78 is 33.7. The molecule has 2 heterocycles. The van der Waals surface area contributed by atoms with Gasteiger partial charge in [-0.05, 0) is 108 Å². The minimum atomic E-state index is -3.37. The zero-order valence-electron chi connectivity index (χ0n) is 28.6. The van der Waals surface area contributed by atoms with Gasteiger partial charge in [0.1, 0.15) is 7.14 Å². The highest BCUT2D eigenvalue weighted by Crippen LogP contribution is 2.62. The maximum absolute atomic E-state index is 16.2. The van der Waals surface area contributed by atoms with Crippen molar-refractivity contribution in [3.63, 3.8) is 0 Å².